The van der Waals surface area contributed by atoms with Crippen LogP contribution in [0.2, 0.25) is 0 Å². The Balaban J connectivity index is 1.59. The lowest BCUT2D eigenvalue weighted by Gasteiger charge is -2.37. The second kappa shape index (κ2) is 6.72. The maximum Gasteiger partial charge on any atom is 0.245 e. The first-order valence-electron chi connectivity index (χ1n) is 8.64. The molecule has 3 aromatic rings. The van der Waals surface area contributed by atoms with Crippen LogP contribution in [0.4, 0.5) is 5.95 Å². The molecule has 0 radical (unpaired) electrons. The minimum absolute atomic E-state index is 0.136. The second-order valence-corrected chi connectivity index (χ2v) is 6.67. The number of phenolic OH excluding ortho intramolecular Hbond substituents is 1. The van der Waals surface area contributed by atoms with Crippen molar-refractivity contribution in [1.29, 1.82) is 0 Å². The van der Waals surface area contributed by atoms with Gasteiger partial charge in [0, 0.05) is 42.5 Å². The zero-order chi connectivity index (χ0) is 18.1. The molecule has 0 unspecified atom stereocenters. The van der Waals surface area contributed by atoms with Crippen molar-refractivity contribution >= 4 is 5.95 Å². The van der Waals surface area contributed by atoms with Crippen LogP contribution in [0, 0.1) is 0 Å². The number of nitrogens with one attached hydrogen (secondary N) is 2. The van der Waals surface area contributed by atoms with Gasteiger partial charge in [-0.3, -0.25) is 5.10 Å². The first-order chi connectivity index (χ1) is 12.6. The summed E-state index contributed by atoms with van der Waals surface area (Å²) < 4.78 is 0. The molecule has 3 heterocycles. The van der Waals surface area contributed by atoms with Crippen LogP contribution in [0.5, 0.6) is 5.75 Å². The number of phenols is 1. The molecule has 2 atom stereocenters. The van der Waals surface area contributed by atoms with E-state index in [4.69, 9.17) is 0 Å². The van der Waals surface area contributed by atoms with Gasteiger partial charge in [-0.15, -0.1) is 10.2 Å². The van der Waals surface area contributed by atoms with Crippen molar-refractivity contribution in [3.8, 4) is 28.1 Å². The van der Waals surface area contributed by atoms with Gasteiger partial charge in [0.05, 0.1) is 12.4 Å². The van der Waals surface area contributed by atoms with E-state index in [0.29, 0.717) is 29.3 Å². The van der Waals surface area contributed by atoms with Crippen molar-refractivity contribution in [2.75, 3.05) is 18.0 Å². The van der Waals surface area contributed by atoms with E-state index in [9.17, 15) is 5.11 Å². The van der Waals surface area contributed by atoms with E-state index in [1.165, 1.54) is 0 Å². The zero-order valence-electron chi connectivity index (χ0n) is 14.7. The molecule has 0 bridgehead atoms. The monoisotopic (exact) mass is 351 g/mol. The zero-order valence-corrected chi connectivity index (χ0v) is 14.7. The van der Waals surface area contributed by atoms with E-state index < -0.39 is 0 Å². The number of aromatic nitrogens is 5. The fraction of sp³-hybridized carbons (Fsp3) is 0.333. The average Bonchev–Trinajstić information content (AvgIpc) is 3.19. The van der Waals surface area contributed by atoms with Crippen molar-refractivity contribution in [2.45, 2.75) is 25.9 Å². The van der Waals surface area contributed by atoms with Crippen molar-refractivity contribution in [2.24, 2.45) is 0 Å². The van der Waals surface area contributed by atoms with Gasteiger partial charge in [0.15, 0.2) is 0 Å². The van der Waals surface area contributed by atoms with Gasteiger partial charge in [-0.2, -0.15) is 5.10 Å². The van der Waals surface area contributed by atoms with E-state index in [2.05, 4.69) is 49.4 Å². The van der Waals surface area contributed by atoms with Crippen LogP contribution in [0.3, 0.4) is 0 Å². The molecule has 1 aliphatic rings. The van der Waals surface area contributed by atoms with Crippen LogP contribution in [-0.4, -0.2) is 55.7 Å². The molecule has 1 aromatic carbocycles. The molecule has 8 nitrogen and oxygen atoms in total. The number of hydrogen-bond acceptors (Lipinski definition) is 7. The Kier molecular flexibility index (Phi) is 4.26. The van der Waals surface area contributed by atoms with Gasteiger partial charge in [-0.05, 0) is 31.5 Å². The molecule has 1 fully saturated rings. The van der Waals surface area contributed by atoms with E-state index in [0.717, 1.165) is 24.2 Å². The SMILES string of the molecule is C[C@H]1CN(c2ncc(-c3ccc(-c4cn[nH]c4)cc3O)nn2)[C@@H](C)CN1. The summed E-state index contributed by atoms with van der Waals surface area (Å²) in [4.78, 5) is 6.63. The van der Waals surface area contributed by atoms with Gasteiger partial charge >= 0.3 is 0 Å². The van der Waals surface area contributed by atoms with Crippen molar-refractivity contribution in [1.82, 2.24) is 30.7 Å². The molecule has 1 saturated heterocycles. The molecule has 1 aliphatic heterocycles. The Morgan fingerprint density at radius 1 is 1.15 bits per heavy atom. The number of aromatic amines is 1. The highest BCUT2D eigenvalue weighted by Crippen LogP contribution is 2.32. The Morgan fingerprint density at radius 2 is 2.04 bits per heavy atom. The summed E-state index contributed by atoms with van der Waals surface area (Å²) >= 11 is 0. The fourth-order valence-electron chi connectivity index (χ4n) is 3.16. The summed E-state index contributed by atoms with van der Waals surface area (Å²) in [6.45, 7) is 6.01. The fourth-order valence-corrected chi connectivity index (χ4v) is 3.16. The first-order valence-corrected chi connectivity index (χ1v) is 8.64. The van der Waals surface area contributed by atoms with Crippen LogP contribution >= 0.6 is 0 Å². The van der Waals surface area contributed by atoms with Crippen LogP contribution in [0.25, 0.3) is 22.4 Å². The largest absolute Gasteiger partial charge is 0.507 e. The summed E-state index contributed by atoms with van der Waals surface area (Å²) in [6.07, 6.45) is 5.15. The summed E-state index contributed by atoms with van der Waals surface area (Å²) in [6, 6.07) is 6.11. The Morgan fingerprint density at radius 3 is 2.73 bits per heavy atom. The summed E-state index contributed by atoms with van der Waals surface area (Å²) in [7, 11) is 0. The molecule has 2 aromatic heterocycles. The van der Waals surface area contributed by atoms with Crippen molar-refractivity contribution in [3.63, 3.8) is 0 Å². The maximum atomic E-state index is 10.4. The van der Waals surface area contributed by atoms with Gasteiger partial charge < -0.3 is 15.3 Å². The van der Waals surface area contributed by atoms with Crippen molar-refractivity contribution in [3.05, 3.63) is 36.8 Å². The van der Waals surface area contributed by atoms with E-state index >= 15 is 0 Å². The molecule has 3 N–H and O–H groups in total. The van der Waals surface area contributed by atoms with Crippen LogP contribution in [0.1, 0.15) is 13.8 Å². The van der Waals surface area contributed by atoms with Gasteiger partial charge in [-0.25, -0.2) is 4.98 Å². The van der Waals surface area contributed by atoms with Crippen LogP contribution in [-0.2, 0) is 0 Å². The quantitative estimate of drug-likeness (QED) is 0.661. The minimum Gasteiger partial charge on any atom is -0.507 e. The van der Waals surface area contributed by atoms with Gasteiger partial charge in [-0.1, -0.05) is 6.07 Å². The number of anilines is 1. The molecular weight excluding hydrogens is 330 g/mol. The summed E-state index contributed by atoms with van der Waals surface area (Å²) in [5.41, 5.74) is 2.93. The maximum absolute atomic E-state index is 10.4. The van der Waals surface area contributed by atoms with Crippen LogP contribution in [0.15, 0.2) is 36.8 Å². The third-order valence-corrected chi connectivity index (χ3v) is 4.68. The topological polar surface area (TPSA) is 103 Å². The van der Waals surface area contributed by atoms with Gasteiger partial charge in [0.2, 0.25) is 5.95 Å². The molecule has 0 aliphatic carbocycles. The number of benzene rings is 1. The highest BCUT2D eigenvalue weighted by atomic mass is 16.3. The third-order valence-electron chi connectivity index (χ3n) is 4.68. The molecule has 0 saturated carbocycles. The molecule has 134 valence electrons. The smallest absolute Gasteiger partial charge is 0.245 e. The summed E-state index contributed by atoms with van der Waals surface area (Å²) in [5.74, 6) is 0.751. The van der Waals surface area contributed by atoms with Crippen LogP contribution < -0.4 is 10.2 Å². The Bertz CT molecular complexity index is 879. The highest BCUT2D eigenvalue weighted by molar-refractivity contribution is 5.73. The van der Waals surface area contributed by atoms with E-state index in [1.54, 1.807) is 24.7 Å². The predicted molar refractivity (Wildman–Crippen MR) is 98.8 cm³/mol. The van der Waals surface area contributed by atoms with E-state index in [-0.39, 0.29) is 5.75 Å². The van der Waals surface area contributed by atoms with Gasteiger partial charge in [0.25, 0.3) is 0 Å². The Hall–Kier alpha value is -3.00. The third kappa shape index (κ3) is 3.11. The number of aromatic hydroxyl groups is 1. The lowest BCUT2D eigenvalue weighted by Crippen LogP contribution is -2.55. The van der Waals surface area contributed by atoms with Gasteiger partial charge in [0.1, 0.15) is 11.4 Å². The second-order valence-electron chi connectivity index (χ2n) is 6.67. The standard InChI is InChI=1S/C18H21N7O/c1-11-10-25(12(2)6-19-11)18-20-9-16(23-24-18)15-4-3-13(5-17(15)26)14-7-21-22-8-14/h3-5,7-9,11-12,19,26H,6,10H2,1-2H3,(H,21,22)/t11-,12-/m0/s1. The molecule has 0 amide bonds. The first kappa shape index (κ1) is 16.5. The summed E-state index contributed by atoms with van der Waals surface area (Å²) in [5, 5.41) is 29.1. The molecule has 4 rings (SSSR count). The minimum atomic E-state index is 0.136. The number of rotatable bonds is 3. The molecule has 0 spiro atoms. The normalized spacial score (nSPS) is 20.3. The predicted octanol–water partition coefficient (Wildman–Crippen LogP) is 1.82. The number of piperazine rings is 1. The number of nitrogens with zero attached hydrogens (tertiary/aromatic N) is 5. The Labute approximate surface area is 151 Å². The molecule has 8 heteroatoms. The van der Waals surface area contributed by atoms with E-state index in [1.807, 2.05) is 12.1 Å². The highest BCUT2D eigenvalue weighted by Gasteiger charge is 2.24. The average molecular weight is 351 g/mol. The lowest BCUT2D eigenvalue weighted by molar-refractivity contribution is 0.418. The number of H-pyrrole nitrogens is 1. The lowest BCUT2D eigenvalue weighted by atomic mass is 10.0. The number of hydrogen-bond donors (Lipinski definition) is 3. The molecular formula is C18H21N7O. The molecule has 26 heavy (non-hydrogen) atoms. The van der Waals surface area contributed by atoms with Crippen molar-refractivity contribution < 1.29 is 5.11 Å².